The molecule has 0 atom stereocenters. The highest BCUT2D eigenvalue weighted by Crippen LogP contribution is 2.47. The highest BCUT2D eigenvalue weighted by Gasteiger charge is 2.31. The van der Waals surface area contributed by atoms with Gasteiger partial charge in [-0.15, -0.1) is 0 Å². The minimum Gasteiger partial charge on any atom is -0.459 e. The lowest BCUT2D eigenvalue weighted by Gasteiger charge is -2.05. The minimum absolute atomic E-state index is 0.512. The molecule has 90 valence electrons. The topological polar surface area (TPSA) is 39.2 Å². The van der Waals surface area contributed by atoms with Gasteiger partial charge in [-0.25, -0.2) is 0 Å². The van der Waals surface area contributed by atoms with Crippen LogP contribution in [0.2, 0.25) is 0 Å². The number of hydrogen-bond donors (Lipinski definition) is 1. The van der Waals surface area contributed by atoms with Crippen molar-refractivity contribution >= 4 is 11.0 Å². The van der Waals surface area contributed by atoms with E-state index in [9.17, 15) is 0 Å². The molecule has 1 fully saturated rings. The van der Waals surface area contributed by atoms with E-state index in [2.05, 4.69) is 26.8 Å². The molecule has 0 bridgehead atoms. The zero-order valence-corrected chi connectivity index (χ0v) is 10.8. The second-order valence-electron chi connectivity index (χ2n) is 5.26. The first-order chi connectivity index (χ1) is 8.13. The number of rotatable bonds is 2. The molecule has 0 radical (unpaired) electrons. The van der Waals surface area contributed by atoms with Crippen molar-refractivity contribution in [3.05, 3.63) is 34.1 Å². The number of hydrogen-bond acceptors (Lipinski definition) is 2. The largest absolute Gasteiger partial charge is 0.459 e. The van der Waals surface area contributed by atoms with Crippen LogP contribution in [0.3, 0.4) is 0 Å². The van der Waals surface area contributed by atoms with Gasteiger partial charge in [-0.2, -0.15) is 0 Å². The zero-order chi connectivity index (χ0) is 12.2. The summed E-state index contributed by atoms with van der Waals surface area (Å²) in [4.78, 5) is 0. The minimum atomic E-state index is 0.512. The summed E-state index contributed by atoms with van der Waals surface area (Å²) in [6.07, 6.45) is 2.57. The summed E-state index contributed by atoms with van der Waals surface area (Å²) in [6, 6.07) is 2.26. The third-order valence-electron chi connectivity index (χ3n) is 3.95. The van der Waals surface area contributed by atoms with Gasteiger partial charge in [0.15, 0.2) is 0 Å². The Morgan fingerprint density at radius 2 is 1.94 bits per heavy atom. The Morgan fingerprint density at radius 1 is 1.24 bits per heavy atom. The average Bonchev–Trinajstić information content (AvgIpc) is 3.06. The summed E-state index contributed by atoms with van der Waals surface area (Å²) >= 11 is 0. The highest BCUT2D eigenvalue weighted by molar-refractivity contribution is 5.89. The van der Waals surface area contributed by atoms with Crippen molar-refractivity contribution < 1.29 is 4.42 Å². The molecule has 1 aromatic heterocycles. The zero-order valence-electron chi connectivity index (χ0n) is 10.8. The second-order valence-corrected chi connectivity index (χ2v) is 5.26. The molecule has 0 aliphatic heterocycles. The van der Waals surface area contributed by atoms with Crippen LogP contribution < -0.4 is 5.73 Å². The van der Waals surface area contributed by atoms with Gasteiger partial charge in [-0.3, -0.25) is 0 Å². The predicted molar refractivity (Wildman–Crippen MR) is 70.3 cm³/mol. The van der Waals surface area contributed by atoms with Crippen LogP contribution in [-0.4, -0.2) is 0 Å². The first-order valence-electron chi connectivity index (χ1n) is 6.35. The third-order valence-corrected chi connectivity index (χ3v) is 3.95. The molecule has 0 saturated heterocycles. The average molecular weight is 229 g/mol. The van der Waals surface area contributed by atoms with Gasteiger partial charge >= 0.3 is 0 Å². The number of furan rings is 1. The first kappa shape index (κ1) is 10.8. The van der Waals surface area contributed by atoms with Gasteiger partial charge in [0, 0.05) is 10.9 Å². The maximum absolute atomic E-state index is 6.02. The summed E-state index contributed by atoms with van der Waals surface area (Å²) in [5, 5.41) is 1.33. The van der Waals surface area contributed by atoms with Gasteiger partial charge in [0.05, 0.1) is 6.54 Å². The van der Waals surface area contributed by atoms with Crippen molar-refractivity contribution in [1.82, 2.24) is 0 Å². The fourth-order valence-electron chi connectivity index (χ4n) is 2.79. The lowest BCUT2D eigenvalue weighted by molar-refractivity contribution is 0.543. The molecule has 1 aliphatic carbocycles. The van der Waals surface area contributed by atoms with Crippen LogP contribution in [0.1, 0.15) is 46.8 Å². The Hall–Kier alpha value is -1.28. The van der Waals surface area contributed by atoms with E-state index in [0.717, 1.165) is 11.3 Å². The molecule has 17 heavy (non-hydrogen) atoms. The molecule has 1 aromatic carbocycles. The smallest absolute Gasteiger partial charge is 0.138 e. The summed E-state index contributed by atoms with van der Waals surface area (Å²) < 4.78 is 6.02. The molecule has 2 N–H and O–H groups in total. The van der Waals surface area contributed by atoms with Crippen molar-refractivity contribution in [1.29, 1.82) is 0 Å². The Bertz CT molecular complexity index is 591. The van der Waals surface area contributed by atoms with Crippen LogP contribution in [0, 0.1) is 20.8 Å². The van der Waals surface area contributed by atoms with Crippen LogP contribution in [0.5, 0.6) is 0 Å². The lowest BCUT2D eigenvalue weighted by Crippen LogP contribution is -1.97. The highest BCUT2D eigenvalue weighted by atomic mass is 16.3. The number of nitrogens with two attached hydrogens (primary N) is 1. The van der Waals surface area contributed by atoms with Crippen molar-refractivity contribution in [2.45, 2.75) is 46.1 Å². The Labute approximate surface area is 102 Å². The van der Waals surface area contributed by atoms with Crippen LogP contribution in [0.15, 0.2) is 10.5 Å². The van der Waals surface area contributed by atoms with Gasteiger partial charge in [0.25, 0.3) is 0 Å². The van der Waals surface area contributed by atoms with Gasteiger partial charge in [0.2, 0.25) is 0 Å². The summed E-state index contributed by atoms with van der Waals surface area (Å²) in [6.45, 7) is 6.97. The molecule has 1 aliphatic rings. The first-order valence-corrected chi connectivity index (χ1v) is 6.35. The second kappa shape index (κ2) is 3.61. The maximum atomic E-state index is 6.02. The van der Waals surface area contributed by atoms with Gasteiger partial charge < -0.3 is 10.2 Å². The fraction of sp³-hybridized carbons (Fsp3) is 0.467. The Kier molecular flexibility index (Phi) is 2.30. The predicted octanol–water partition coefficient (Wildman–Crippen LogP) is 3.69. The van der Waals surface area contributed by atoms with E-state index >= 15 is 0 Å². The molecule has 0 unspecified atom stereocenters. The van der Waals surface area contributed by atoms with Crippen molar-refractivity contribution in [3.63, 3.8) is 0 Å². The molecule has 2 nitrogen and oxygen atoms in total. The molecular formula is C15H19NO. The SMILES string of the molecule is Cc1cc(C)c2c(C3CC3)c(CN)oc2c1C. The van der Waals surface area contributed by atoms with Crippen molar-refractivity contribution in [2.75, 3.05) is 0 Å². The molecule has 1 saturated carbocycles. The van der Waals surface area contributed by atoms with Crippen LogP contribution in [0.25, 0.3) is 11.0 Å². The Balaban J connectivity index is 2.40. The third kappa shape index (κ3) is 1.51. The monoisotopic (exact) mass is 229 g/mol. The van der Waals surface area contributed by atoms with Gasteiger partial charge in [0.1, 0.15) is 11.3 Å². The molecule has 2 heteroatoms. The fourth-order valence-corrected chi connectivity index (χ4v) is 2.79. The van der Waals surface area contributed by atoms with E-state index in [1.807, 2.05) is 0 Å². The maximum Gasteiger partial charge on any atom is 0.138 e. The van der Waals surface area contributed by atoms with Crippen molar-refractivity contribution in [2.24, 2.45) is 5.73 Å². The van der Waals surface area contributed by atoms with Crippen molar-refractivity contribution in [3.8, 4) is 0 Å². The van der Waals surface area contributed by atoms with E-state index in [1.54, 1.807) is 0 Å². The standard InChI is InChI=1S/C15H19NO/c1-8-6-9(2)13-14(11-4-5-11)12(7-16)17-15(13)10(8)3/h6,11H,4-5,7,16H2,1-3H3. The molecule has 2 aromatic rings. The molecular weight excluding hydrogens is 210 g/mol. The van der Waals surface area contributed by atoms with E-state index in [1.165, 1.54) is 40.5 Å². The lowest BCUT2D eigenvalue weighted by atomic mass is 9.97. The van der Waals surface area contributed by atoms with Gasteiger partial charge in [-0.1, -0.05) is 6.07 Å². The number of aryl methyl sites for hydroxylation is 3. The molecule has 0 amide bonds. The molecule has 0 spiro atoms. The number of fused-ring (bicyclic) bond motifs is 1. The van der Waals surface area contributed by atoms with Gasteiger partial charge in [-0.05, 0) is 56.2 Å². The summed E-state index contributed by atoms with van der Waals surface area (Å²) in [7, 11) is 0. The quantitative estimate of drug-likeness (QED) is 0.853. The van der Waals surface area contributed by atoms with Crippen LogP contribution in [-0.2, 0) is 6.54 Å². The summed E-state index contributed by atoms with van der Waals surface area (Å²) in [5.74, 6) is 1.69. The van der Waals surface area contributed by atoms with E-state index < -0.39 is 0 Å². The van der Waals surface area contributed by atoms with E-state index in [-0.39, 0.29) is 0 Å². The van der Waals surface area contributed by atoms with E-state index in [4.69, 9.17) is 10.2 Å². The summed E-state index contributed by atoms with van der Waals surface area (Å²) in [5.41, 5.74) is 12.2. The van der Waals surface area contributed by atoms with Crippen LogP contribution >= 0.6 is 0 Å². The number of benzene rings is 1. The van der Waals surface area contributed by atoms with E-state index in [0.29, 0.717) is 12.5 Å². The van der Waals surface area contributed by atoms with Crippen LogP contribution in [0.4, 0.5) is 0 Å². The Morgan fingerprint density at radius 3 is 2.53 bits per heavy atom. The molecule has 3 rings (SSSR count). The molecule has 1 heterocycles. The normalized spacial score (nSPS) is 15.8.